The summed E-state index contributed by atoms with van der Waals surface area (Å²) in [6.07, 6.45) is 7.91. The van der Waals surface area contributed by atoms with Crippen molar-refractivity contribution >= 4 is 27.6 Å². The lowest BCUT2D eigenvalue weighted by atomic mass is 9.94. The van der Waals surface area contributed by atoms with Crippen LogP contribution >= 0.6 is 15.9 Å². The molecule has 2 aromatic carbocycles. The van der Waals surface area contributed by atoms with Crippen LogP contribution in [0.25, 0.3) is 0 Å². The second-order valence-electron chi connectivity index (χ2n) is 9.38. The Kier molecular flexibility index (Phi) is 7.92. The molecule has 0 radical (unpaired) electrons. The van der Waals surface area contributed by atoms with Crippen molar-refractivity contribution in [2.45, 2.75) is 71.0 Å². The second-order valence-corrected chi connectivity index (χ2v) is 10.3. The number of carbonyl (C=O) groups excluding carboxylic acids is 1. The molecule has 0 spiro atoms. The summed E-state index contributed by atoms with van der Waals surface area (Å²) in [5.74, 6) is 0.479. The van der Waals surface area contributed by atoms with Gasteiger partial charge in [0.25, 0.3) is 0 Å². The first-order chi connectivity index (χ1) is 16.0. The van der Waals surface area contributed by atoms with Crippen LogP contribution in [0, 0.1) is 0 Å². The molecule has 0 unspecified atom stereocenters. The van der Waals surface area contributed by atoms with E-state index in [4.69, 9.17) is 0 Å². The minimum Gasteiger partial charge on any atom is -0.345 e. The van der Waals surface area contributed by atoms with Gasteiger partial charge in [0, 0.05) is 34.6 Å². The van der Waals surface area contributed by atoms with E-state index in [1.807, 2.05) is 12.1 Å². The molecule has 4 rings (SSSR count). The molecule has 1 aliphatic rings. The third-order valence-corrected chi connectivity index (χ3v) is 7.16. The van der Waals surface area contributed by atoms with Gasteiger partial charge in [-0.15, -0.1) is 0 Å². The summed E-state index contributed by atoms with van der Waals surface area (Å²) in [5, 5.41) is 3.17. The molecule has 3 aromatic rings. The summed E-state index contributed by atoms with van der Waals surface area (Å²) in [5.41, 5.74) is 4.54. The first kappa shape index (κ1) is 23.6. The number of aromatic nitrogens is 1. The van der Waals surface area contributed by atoms with Gasteiger partial charge in [0.1, 0.15) is 0 Å². The first-order valence-corrected chi connectivity index (χ1v) is 12.8. The number of amides is 2. The van der Waals surface area contributed by atoms with E-state index in [-0.39, 0.29) is 12.1 Å². The van der Waals surface area contributed by atoms with Gasteiger partial charge in [-0.1, -0.05) is 73.3 Å². The molecule has 1 aromatic heterocycles. The highest BCUT2D eigenvalue weighted by Crippen LogP contribution is 2.26. The average Bonchev–Trinajstić information content (AvgIpc) is 3.26. The predicted octanol–water partition coefficient (Wildman–Crippen LogP) is 7.79. The van der Waals surface area contributed by atoms with Gasteiger partial charge in [0.15, 0.2) is 0 Å². The molecule has 1 aliphatic carbocycles. The van der Waals surface area contributed by atoms with Gasteiger partial charge in [0.2, 0.25) is 0 Å². The fourth-order valence-electron chi connectivity index (χ4n) is 4.61. The number of nitrogens with zero attached hydrogens (tertiary/aromatic N) is 2. The van der Waals surface area contributed by atoms with Crippen LogP contribution in [0.2, 0.25) is 0 Å². The lowest BCUT2D eigenvalue weighted by molar-refractivity contribution is 0.161. The molecule has 0 aliphatic heterocycles. The predicted molar refractivity (Wildman–Crippen MR) is 140 cm³/mol. The molecule has 1 N–H and O–H groups in total. The number of urea groups is 1. The molecular formula is C28H34BrN3O. The van der Waals surface area contributed by atoms with Crippen LogP contribution in [-0.2, 0) is 13.1 Å². The van der Waals surface area contributed by atoms with Gasteiger partial charge < -0.3 is 14.8 Å². The molecule has 5 heteroatoms. The minimum absolute atomic E-state index is 0.00408. The highest BCUT2D eigenvalue weighted by atomic mass is 79.9. The fourth-order valence-corrected chi connectivity index (χ4v) is 4.88. The van der Waals surface area contributed by atoms with Crippen LogP contribution in [0.5, 0.6) is 0 Å². The summed E-state index contributed by atoms with van der Waals surface area (Å²) in [6, 6.07) is 21.2. The molecular weight excluding hydrogens is 474 g/mol. The Hall–Kier alpha value is -2.53. The van der Waals surface area contributed by atoms with Crippen molar-refractivity contribution in [3.05, 3.63) is 88.2 Å². The third-order valence-electron chi connectivity index (χ3n) is 6.63. The fraction of sp³-hybridized carbons (Fsp3) is 0.393. The number of carbonyl (C=O) groups is 1. The number of benzene rings is 2. The van der Waals surface area contributed by atoms with Gasteiger partial charge in [0.05, 0.1) is 6.54 Å². The van der Waals surface area contributed by atoms with E-state index >= 15 is 0 Å². The monoisotopic (exact) mass is 507 g/mol. The van der Waals surface area contributed by atoms with Crippen LogP contribution in [0.3, 0.4) is 0 Å². The maximum absolute atomic E-state index is 13.5. The summed E-state index contributed by atoms with van der Waals surface area (Å²) in [6.45, 7) is 5.78. The van der Waals surface area contributed by atoms with Gasteiger partial charge in [-0.2, -0.15) is 0 Å². The second kappa shape index (κ2) is 11.1. The number of halogens is 1. The van der Waals surface area contributed by atoms with Crippen LogP contribution < -0.4 is 5.32 Å². The zero-order valence-electron chi connectivity index (χ0n) is 19.6. The van der Waals surface area contributed by atoms with Crippen LogP contribution in [0.4, 0.5) is 10.5 Å². The highest BCUT2D eigenvalue weighted by molar-refractivity contribution is 9.10. The summed E-state index contributed by atoms with van der Waals surface area (Å²) < 4.78 is 3.34. The maximum Gasteiger partial charge on any atom is 0.322 e. The van der Waals surface area contributed by atoms with Gasteiger partial charge in [-0.3, -0.25) is 0 Å². The Bertz CT molecular complexity index is 1030. The number of rotatable bonds is 7. The average molecular weight is 509 g/mol. The molecule has 174 valence electrons. The molecule has 4 nitrogen and oxygen atoms in total. The van der Waals surface area contributed by atoms with E-state index < -0.39 is 0 Å². The largest absolute Gasteiger partial charge is 0.345 e. The molecule has 1 fully saturated rings. The number of hydrogen-bond donors (Lipinski definition) is 1. The Morgan fingerprint density at radius 3 is 2.39 bits per heavy atom. The van der Waals surface area contributed by atoms with Crippen molar-refractivity contribution in [1.82, 2.24) is 9.47 Å². The Morgan fingerprint density at radius 1 is 1.03 bits per heavy atom. The smallest absolute Gasteiger partial charge is 0.322 e. The highest BCUT2D eigenvalue weighted by Gasteiger charge is 2.26. The lowest BCUT2D eigenvalue weighted by Gasteiger charge is -2.34. The van der Waals surface area contributed by atoms with E-state index in [1.165, 1.54) is 30.4 Å². The van der Waals surface area contributed by atoms with E-state index in [0.29, 0.717) is 12.5 Å². The van der Waals surface area contributed by atoms with Crippen LogP contribution in [0.1, 0.15) is 68.7 Å². The summed E-state index contributed by atoms with van der Waals surface area (Å²) in [7, 11) is 0. The van der Waals surface area contributed by atoms with Gasteiger partial charge in [-0.25, -0.2) is 4.79 Å². The van der Waals surface area contributed by atoms with Crippen LogP contribution in [-0.4, -0.2) is 21.5 Å². The normalized spacial score (nSPS) is 14.4. The summed E-state index contributed by atoms with van der Waals surface area (Å²) in [4.78, 5) is 15.5. The lowest BCUT2D eigenvalue weighted by Crippen LogP contribution is -2.43. The van der Waals surface area contributed by atoms with Crippen molar-refractivity contribution in [2.75, 3.05) is 5.32 Å². The maximum atomic E-state index is 13.5. The van der Waals surface area contributed by atoms with E-state index in [2.05, 4.69) is 99.3 Å². The number of nitrogens with one attached hydrogen (secondary N) is 1. The number of hydrogen-bond acceptors (Lipinski definition) is 1. The van der Waals surface area contributed by atoms with E-state index in [1.54, 1.807) is 0 Å². The van der Waals surface area contributed by atoms with Gasteiger partial charge >= 0.3 is 6.03 Å². The molecule has 1 heterocycles. The Labute approximate surface area is 206 Å². The molecule has 0 bridgehead atoms. The first-order valence-electron chi connectivity index (χ1n) is 12.1. The van der Waals surface area contributed by atoms with Crippen molar-refractivity contribution in [1.29, 1.82) is 0 Å². The van der Waals surface area contributed by atoms with Crippen molar-refractivity contribution in [2.24, 2.45) is 0 Å². The molecule has 1 saturated carbocycles. The molecule has 0 atom stereocenters. The zero-order chi connectivity index (χ0) is 23.2. The SMILES string of the molecule is CC(C)c1ccc(NC(=O)N(Cc2cccn2Cc2ccc(Br)cc2)C2CCCCC2)cc1. The van der Waals surface area contributed by atoms with Crippen molar-refractivity contribution < 1.29 is 4.79 Å². The van der Waals surface area contributed by atoms with Crippen molar-refractivity contribution in [3.8, 4) is 0 Å². The third kappa shape index (κ3) is 6.29. The molecule has 2 amide bonds. The van der Waals surface area contributed by atoms with Crippen LogP contribution in [0.15, 0.2) is 71.3 Å². The zero-order valence-corrected chi connectivity index (χ0v) is 21.2. The Morgan fingerprint density at radius 2 is 1.73 bits per heavy atom. The minimum atomic E-state index is -0.00408. The van der Waals surface area contributed by atoms with Crippen molar-refractivity contribution in [3.63, 3.8) is 0 Å². The van der Waals surface area contributed by atoms with E-state index in [0.717, 1.165) is 35.2 Å². The van der Waals surface area contributed by atoms with Gasteiger partial charge in [-0.05, 0) is 66.3 Å². The summed E-state index contributed by atoms with van der Waals surface area (Å²) >= 11 is 3.51. The Balaban J connectivity index is 1.51. The number of anilines is 1. The quantitative estimate of drug-likeness (QED) is 0.348. The molecule has 0 saturated heterocycles. The molecule has 33 heavy (non-hydrogen) atoms. The van der Waals surface area contributed by atoms with E-state index in [9.17, 15) is 4.79 Å². The standard InChI is InChI=1S/C28H34BrN3O/c1-21(2)23-12-16-25(17-13-23)30-28(33)32(26-7-4-3-5-8-26)20-27-9-6-18-31(27)19-22-10-14-24(29)15-11-22/h6,9-18,21,26H,3-5,7-8,19-20H2,1-2H3,(H,30,33). The topological polar surface area (TPSA) is 37.3 Å².